The summed E-state index contributed by atoms with van der Waals surface area (Å²) in [5.41, 5.74) is 0.0980. The fraction of sp³-hybridized carbons (Fsp3) is 0.633. The van der Waals surface area contributed by atoms with Crippen molar-refractivity contribution in [3.8, 4) is 5.75 Å². The third-order valence-electron chi connectivity index (χ3n) is 12.7. The van der Waals surface area contributed by atoms with Crippen molar-refractivity contribution in [3.05, 3.63) is 71.3 Å². The minimum atomic E-state index is -1.64. The van der Waals surface area contributed by atoms with Crippen LogP contribution in [0.25, 0.3) is 6.08 Å². The minimum absolute atomic E-state index is 0.0132. The molecule has 15 nitrogen and oxygen atoms in total. The van der Waals surface area contributed by atoms with Gasteiger partial charge in [-0.3, -0.25) is 24.0 Å². The number of carbonyl (C=O) groups is 4. The van der Waals surface area contributed by atoms with Crippen molar-refractivity contribution in [1.29, 1.82) is 0 Å². The molecule has 1 saturated carbocycles. The average molecular weight is 892 g/mol. The number of rotatable bonds is 22. The maximum atomic E-state index is 15.2. The van der Waals surface area contributed by atoms with Crippen LogP contribution >= 0.6 is 0 Å². The Labute approximate surface area is 377 Å². The molecule has 4 aliphatic rings. The second-order valence-corrected chi connectivity index (χ2v) is 18.9. The van der Waals surface area contributed by atoms with Gasteiger partial charge in [0.2, 0.25) is 11.8 Å². The van der Waals surface area contributed by atoms with E-state index in [0.717, 1.165) is 55.2 Å². The Balaban J connectivity index is 1.29. The number of phenols is 1. The average Bonchev–Trinajstić information content (AvgIpc) is 3.80. The molecular weight excluding hydrogens is 823 g/mol. The van der Waals surface area contributed by atoms with Crippen LogP contribution in [-0.2, 0) is 55.9 Å². The summed E-state index contributed by atoms with van der Waals surface area (Å²) in [6.07, 6.45) is 6.44. The molecule has 2 amide bonds. The Morgan fingerprint density at radius 3 is 2.34 bits per heavy atom. The molecule has 0 unspecified atom stereocenters. The number of benzene rings is 2. The van der Waals surface area contributed by atoms with Crippen LogP contribution in [0.15, 0.2) is 54.6 Å². The van der Waals surface area contributed by atoms with E-state index in [0.29, 0.717) is 19.3 Å². The quantitative estimate of drug-likeness (QED) is 0.0728. The fourth-order valence-electron chi connectivity index (χ4n) is 9.54. The largest absolute Gasteiger partial charge is 0.508 e. The number of allylic oxidation sites excluding steroid dienone is 1. The summed E-state index contributed by atoms with van der Waals surface area (Å²) in [5.74, 6) is -3.42. The molecule has 3 heterocycles. The predicted molar refractivity (Wildman–Crippen MR) is 237 cm³/mol. The van der Waals surface area contributed by atoms with Crippen molar-refractivity contribution >= 4 is 29.8 Å². The number of carbonyl (C=O) groups excluding carboxylic acids is 4. The lowest BCUT2D eigenvalue weighted by molar-refractivity contribution is -0.224. The first-order valence-corrected chi connectivity index (χ1v) is 23.2. The highest BCUT2D eigenvalue weighted by molar-refractivity contribution is 5.96. The lowest BCUT2D eigenvalue weighted by Crippen LogP contribution is -2.71. The van der Waals surface area contributed by atoms with Gasteiger partial charge in [0.05, 0.1) is 25.3 Å². The number of hydrogen-bond acceptors (Lipinski definition) is 13. The summed E-state index contributed by atoms with van der Waals surface area (Å²) < 4.78 is 25.4. The van der Waals surface area contributed by atoms with Gasteiger partial charge in [-0.1, -0.05) is 94.1 Å². The number of ether oxygens (including phenoxy) is 4. The third-order valence-corrected chi connectivity index (χ3v) is 12.7. The van der Waals surface area contributed by atoms with Gasteiger partial charge in [0, 0.05) is 25.7 Å². The number of aliphatic hydroxyl groups is 2. The number of para-hydroxylation sites is 1. The van der Waals surface area contributed by atoms with Crippen LogP contribution in [0.3, 0.4) is 0 Å². The number of amides is 2. The lowest BCUT2D eigenvalue weighted by atomic mass is 9.62. The standard InChI is InChI=1S/C49H69N3O12/c1-7-9-13-25-48(26-14-10-8-2)62-40-37-28-49(46(59)51-39(31(3)54)44(57)50-35(30-53)23-24-38(56)61-47(4,5)6)42(45(58)60-37)52(64-43(49)41(40)63-48)29-33-19-15-17-32(27-33)18-16-21-34-20-11-12-22-36(34)55/h11-12,15-20,22,27,31,35,37,39-43,53-55H,7-10,13-14,21,23-26,28-30H2,1-6H3,(H,50,57)(H,51,59)/t31-,35-,37+,39+,40-,41-,42+,43+,49+/m0/s1. The first kappa shape index (κ1) is 49.1. The van der Waals surface area contributed by atoms with Gasteiger partial charge < -0.3 is 44.9 Å². The topological polar surface area (TPSA) is 202 Å². The molecule has 2 aromatic carbocycles. The fourth-order valence-corrected chi connectivity index (χ4v) is 9.54. The van der Waals surface area contributed by atoms with E-state index >= 15 is 4.79 Å². The molecule has 352 valence electrons. The lowest BCUT2D eigenvalue weighted by Gasteiger charge is -2.49. The van der Waals surface area contributed by atoms with Gasteiger partial charge in [0.15, 0.2) is 11.8 Å². The molecule has 15 heteroatoms. The second kappa shape index (κ2) is 21.3. The Morgan fingerprint density at radius 2 is 1.69 bits per heavy atom. The van der Waals surface area contributed by atoms with Crippen molar-refractivity contribution in [2.24, 2.45) is 5.41 Å². The molecule has 2 bridgehead atoms. The van der Waals surface area contributed by atoms with Crippen LogP contribution < -0.4 is 10.6 Å². The van der Waals surface area contributed by atoms with E-state index in [1.807, 2.05) is 48.6 Å². The van der Waals surface area contributed by atoms with Gasteiger partial charge in [-0.2, -0.15) is 5.06 Å². The Hall–Kier alpha value is -4.38. The summed E-state index contributed by atoms with van der Waals surface area (Å²) in [4.78, 5) is 62.7. The molecule has 4 fully saturated rings. The molecule has 1 aliphatic carbocycles. The van der Waals surface area contributed by atoms with Gasteiger partial charge in [0.25, 0.3) is 0 Å². The summed E-state index contributed by atoms with van der Waals surface area (Å²) in [7, 11) is 0. The number of nitrogens with one attached hydrogen (secondary N) is 2. The first-order valence-electron chi connectivity index (χ1n) is 23.2. The molecular formula is C49H69N3O12. The number of hydroxylamine groups is 2. The van der Waals surface area contributed by atoms with E-state index in [1.165, 1.54) is 12.0 Å². The SMILES string of the molecule is CCCCCC1(CCCCC)O[C@@H]2[C@H](O1)[C@H]1ON(Cc3cccc(C=CCc4ccccc4O)c3)[C@@H]3C(=O)O[C@@H]2C[C@]13C(=O)N[C@@H](C(=O)N[C@H](CO)CCC(=O)OC(C)(C)C)[C@H](C)O. The highest BCUT2D eigenvalue weighted by Gasteiger charge is 2.76. The molecule has 6 rings (SSSR count). The number of esters is 2. The molecule has 2 aromatic rings. The summed E-state index contributed by atoms with van der Waals surface area (Å²) >= 11 is 0. The zero-order valence-corrected chi connectivity index (χ0v) is 38.3. The zero-order valence-electron chi connectivity index (χ0n) is 38.3. The van der Waals surface area contributed by atoms with Crippen molar-refractivity contribution in [2.45, 2.75) is 185 Å². The van der Waals surface area contributed by atoms with E-state index in [2.05, 4.69) is 24.5 Å². The van der Waals surface area contributed by atoms with Gasteiger partial charge in [-0.25, -0.2) is 0 Å². The van der Waals surface area contributed by atoms with E-state index in [-0.39, 0.29) is 31.6 Å². The monoisotopic (exact) mass is 891 g/mol. The zero-order chi connectivity index (χ0) is 46.2. The number of nitrogens with zero attached hydrogens (tertiary/aromatic N) is 1. The van der Waals surface area contributed by atoms with Crippen LogP contribution in [0, 0.1) is 5.41 Å². The van der Waals surface area contributed by atoms with Crippen LogP contribution in [0.4, 0.5) is 0 Å². The smallest absolute Gasteiger partial charge is 0.327 e. The van der Waals surface area contributed by atoms with E-state index < -0.39 is 95.8 Å². The third kappa shape index (κ3) is 11.3. The Morgan fingerprint density at radius 1 is 0.984 bits per heavy atom. The summed E-state index contributed by atoms with van der Waals surface area (Å²) in [6, 6.07) is 11.2. The van der Waals surface area contributed by atoms with Gasteiger partial charge in [-0.05, 0) is 76.1 Å². The highest BCUT2D eigenvalue weighted by Crippen LogP contribution is 2.58. The van der Waals surface area contributed by atoms with Crippen LogP contribution in [-0.4, -0.2) is 111 Å². The highest BCUT2D eigenvalue weighted by atomic mass is 16.8. The van der Waals surface area contributed by atoms with Crippen molar-refractivity contribution in [2.75, 3.05) is 6.61 Å². The number of unbranched alkanes of at least 4 members (excludes halogenated alkanes) is 4. The minimum Gasteiger partial charge on any atom is -0.508 e. The molecule has 0 radical (unpaired) electrons. The molecule has 3 saturated heterocycles. The van der Waals surface area contributed by atoms with Gasteiger partial charge >= 0.3 is 11.9 Å². The molecule has 0 spiro atoms. The Bertz CT molecular complexity index is 1960. The normalized spacial score (nSPS) is 26.2. The molecule has 3 aliphatic heterocycles. The van der Waals surface area contributed by atoms with E-state index in [1.54, 1.807) is 32.9 Å². The first-order chi connectivity index (χ1) is 30.5. The maximum absolute atomic E-state index is 15.2. The maximum Gasteiger partial charge on any atom is 0.327 e. The number of aliphatic hydroxyl groups excluding tert-OH is 2. The van der Waals surface area contributed by atoms with Gasteiger partial charge in [0.1, 0.15) is 47.2 Å². The molecule has 64 heavy (non-hydrogen) atoms. The number of hydrogen-bond donors (Lipinski definition) is 5. The number of aromatic hydroxyl groups is 1. The Kier molecular flexibility index (Phi) is 16.3. The van der Waals surface area contributed by atoms with Crippen molar-refractivity contribution in [3.63, 3.8) is 0 Å². The summed E-state index contributed by atoms with van der Waals surface area (Å²) in [6.45, 7) is 10.4. The van der Waals surface area contributed by atoms with E-state index in [9.17, 15) is 29.7 Å². The predicted octanol–water partition coefficient (Wildman–Crippen LogP) is 5.55. The van der Waals surface area contributed by atoms with Crippen LogP contribution in [0.5, 0.6) is 5.75 Å². The van der Waals surface area contributed by atoms with Crippen molar-refractivity contribution < 1.29 is 58.3 Å². The van der Waals surface area contributed by atoms with Crippen LogP contribution in [0.1, 0.15) is 129 Å². The second-order valence-electron chi connectivity index (χ2n) is 18.9. The summed E-state index contributed by atoms with van der Waals surface area (Å²) in [5, 5.41) is 38.4. The van der Waals surface area contributed by atoms with E-state index in [4.69, 9.17) is 23.8 Å². The molecule has 5 N–H and O–H groups in total. The molecule has 0 aromatic heterocycles. The van der Waals surface area contributed by atoms with Gasteiger partial charge in [-0.15, -0.1) is 0 Å². The number of phenolic OH excluding ortho intramolecular Hbond substituents is 1. The van der Waals surface area contributed by atoms with Crippen molar-refractivity contribution in [1.82, 2.24) is 15.7 Å². The van der Waals surface area contributed by atoms with Crippen LogP contribution in [0.2, 0.25) is 0 Å². The molecule has 9 atom stereocenters. The number of fused-ring (bicyclic) bond motifs is 4.